The predicted octanol–water partition coefficient (Wildman–Crippen LogP) is 2.68. The van der Waals surface area contributed by atoms with Crippen molar-refractivity contribution in [1.82, 2.24) is 19.9 Å². The van der Waals surface area contributed by atoms with E-state index >= 15 is 0 Å². The molecule has 0 saturated carbocycles. The molecule has 36 heavy (non-hydrogen) atoms. The Morgan fingerprint density at radius 2 is 1.75 bits per heavy atom. The molecule has 15 heteroatoms. The van der Waals surface area contributed by atoms with E-state index in [1.54, 1.807) is 19.1 Å². The van der Waals surface area contributed by atoms with Gasteiger partial charge in [-0.05, 0) is 30.7 Å². The van der Waals surface area contributed by atoms with Crippen LogP contribution in [0.15, 0.2) is 29.2 Å². The number of aromatic nitrogens is 4. The summed E-state index contributed by atoms with van der Waals surface area (Å²) in [7, 11) is -4.35. The zero-order valence-electron chi connectivity index (χ0n) is 19.1. The molecule has 1 aliphatic heterocycles. The molecule has 12 nitrogen and oxygen atoms in total. The number of esters is 2. The Morgan fingerprint density at radius 3 is 2.39 bits per heavy atom. The number of aryl methyl sites for hydroxylation is 1. The monoisotopic (exact) mass is 558 g/mol. The average molecular weight is 559 g/mol. The molecule has 4 rings (SSSR count). The van der Waals surface area contributed by atoms with E-state index in [1.807, 2.05) is 0 Å². The smallest absolute Gasteiger partial charge is 0.303 e. The number of hydrogen-bond donors (Lipinski definition) is 1. The third-order valence-electron chi connectivity index (χ3n) is 5.18. The molecule has 2 aromatic heterocycles. The second kappa shape index (κ2) is 10.3. The summed E-state index contributed by atoms with van der Waals surface area (Å²) in [4.78, 5) is 38.3. The number of fused-ring (bicyclic) bond motifs is 1. The number of nitrogens with one attached hydrogen (secondary N) is 1. The fraction of sp³-hybridized carbons (Fsp3) is 0.381. The molecule has 192 valence electrons. The molecule has 0 aliphatic carbocycles. The van der Waals surface area contributed by atoms with E-state index in [-0.39, 0.29) is 38.9 Å². The molecule has 0 spiro atoms. The van der Waals surface area contributed by atoms with Gasteiger partial charge in [-0.3, -0.25) is 13.8 Å². The van der Waals surface area contributed by atoms with Crippen LogP contribution >= 0.6 is 23.2 Å². The second-order valence-corrected chi connectivity index (χ2v) is 10.2. The summed E-state index contributed by atoms with van der Waals surface area (Å²) < 4.78 is 48.1. The number of benzene rings is 1. The molecule has 1 aromatic carbocycles. The molecular weight excluding hydrogens is 539 g/mol. The lowest BCUT2D eigenvalue weighted by Crippen LogP contribution is -2.40. The highest BCUT2D eigenvalue weighted by Gasteiger charge is 2.52. The lowest BCUT2D eigenvalue weighted by atomic mass is 10.1. The van der Waals surface area contributed by atoms with E-state index in [2.05, 4.69) is 19.9 Å². The van der Waals surface area contributed by atoms with Crippen molar-refractivity contribution in [2.75, 3.05) is 6.61 Å². The van der Waals surface area contributed by atoms with Gasteiger partial charge < -0.3 is 19.2 Å². The van der Waals surface area contributed by atoms with Gasteiger partial charge in [0.25, 0.3) is 10.1 Å². The zero-order chi connectivity index (χ0) is 26.2. The Hall–Kier alpha value is -2.84. The summed E-state index contributed by atoms with van der Waals surface area (Å²) in [5, 5.41) is -0.162. The van der Waals surface area contributed by atoms with Crippen LogP contribution in [0.25, 0.3) is 11.2 Å². The third kappa shape index (κ3) is 5.60. The van der Waals surface area contributed by atoms with Gasteiger partial charge in [-0.2, -0.15) is 13.4 Å². The number of carbonyl (C=O) groups is 2. The zero-order valence-corrected chi connectivity index (χ0v) is 21.4. The second-order valence-electron chi connectivity index (χ2n) is 7.90. The van der Waals surface area contributed by atoms with Crippen molar-refractivity contribution >= 4 is 56.4 Å². The van der Waals surface area contributed by atoms with E-state index in [1.165, 1.54) is 19.1 Å². The molecule has 3 heterocycles. The normalized spacial score (nSPS) is 22.0. The van der Waals surface area contributed by atoms with Gasteiger partial charge in [-0.15, -0.1) is 0 Å². The van der Waals surface area contributed by atoms with Crippen LogP contribution in [0.5, 0.6) is 0 Å². The minimum Gasteiger partial charge on any atom is -0.463 e. The van der Waals surface area contributed by atoms with Crippen LogP contribution in [0.2, 0.25) is 10.4 Å². The first-order chi connectivity index (χ1) is 16.9. The number of aromatic amines is 1. The van der Waals surface area contributed by atoms with Gasteiger partial charge in [0.1, 0.15) is 30.2 Å². The van der Waals surface area contributed by atoms with E-state index in [0.29, 0.717) is 0 Å². The number of carbonyl (C=O) groups excluding carboxylic acids is 2. The molecule has 1 N–H and O–H groups in total. The lowest BCUT2D eigenvalue weighted by Gasteiger charge is -2.23. The summed E-state index contributed by atoms with van der Waals surface area (Å²) in [6, 6.07) is 5.97. The van der Waals surface area contributed by atoms with Gasteiger partial charge in [0.2, 0.25) is 5.28 Å². The largest absolute Gasteiger partial charge is 0.463 e. The summed E-state index contributed by atoms with van der Waals surface area (Å²) in [6.45, 7) is 3.74. The fourth-order valence-electron chi connectivity index (χ4n) is 3.62. The summed E-state index contributed by atoms with van der Waals surface area (Å²) >= 11 is 12.0. The van der Waals surface area contributed by atoms with E-state index in [9.17, 15) is 18.0 Å². The predicted molar refractivity (Wildman–Crippen MR) is 125 cm³/mol. The van der Waals surface area contributed by atoms with Gasteiger partial charge in [-0.25, -0.2) is 9.97 Å². The molecule has 1 aliphatic rings. The molecule has 0 amide bonds. The maximum atomic E-state index is 13.1. The minimum absolute atomic E-state index is 0.0167. The maximum Gasteiger partial charge on any atom is 0.303 e. The average Bonchev–Trinajstić information content (AvgIpc) is 3.34. The van der Waals surface area contributed by atoms with Crippen LogP contribution in [0, 0.1) is 6.92 Å². The summed E-state index contributed by atoms with van der Waals surface area (Å²) in [6.07, 6.45) is -5.03. The molecule has 3 aromatic rings. The highest BCUT2D eigenvalue weighted by atomic mass is 35.5. The number of halogens is 2. The molecular formula is C21H20Cl2N4O8S. The van der Waals surface area contributed by atoms with E-state index in [0.717, 1.165) is 12.5 Å². The van der Waals surface area contributed by atoms with Crippen LogP contribution in [0.3, 0.4) is 0 Å². The number of H-pyrrole nitrogens is 1. The van der Waals surface area contributed by atoms with Gasteiger partial charge in [0, 0.05) is 13.8 Å². The molecule has 4 atom stereocenters. The van der Waals surface area contributed by atoms with Crippen molar-refractivity contribution in [2.24, 2.45) is 0 Å². The van der Waals surface area contributed by atoms with Crippen molar-refractivity contribution in [2.45, 2.75) is 50.1 Å². The number of nitrogens with zero attached hydrogens (tertiary/aromatic N) is 3. The highest BCUT2D eigenvalue weighted by Crippen LogP contribution is 2.39. The maximum absolute atomic E-state index is 13.1. The van der Waals surface area contributed by atoms with Crippen LogP contribution in [0.4, 0.5) is 0 Å². The van der Waals surface area contributed by atoms with Crippen LogP contribution < -0.4 is 0 Å². The molecule has 0 unspecified atom stereocenters. The van der Waals surface area contributed by atoms with Crippen LogP contribution in [-0.2, 0) is 38.1 Å². The number of imidazole rings is 1. The van der Waals surface area contributed by atoms with Gasteiger partial charge in [0.05, 0.1) is 4.90 Å². The summed E-state index contributed by atoms with van der Waals surface area (Å²) in [5.41, 5.74) is 1.18. The topological polar surface area (TPSA) is 160 Å². The molecule has 0 bridgehead atoms. The Labute approximate surface area is 215 Å². The van der Waals surface area contributed by atoms with Crippen molar-refractivity contribution in [1.29, 1.82) is 0 Å². The quantitative estimate of drug-likeness (QED) is 0.196. The van der Waals surface area contributed by atoms with Gasteiger partial charge in [-0.1, -0.05) is 29.3 Å². The van der Waals surface area contributed by atoms with Crippen molar-refractivity contribution in [3.63, 3.8) is 0 Å². The van der Waals surface area contributed by atoms with E-state index < -0.39 is 46.5 Å². The number of rotatable bonds is 7. The van der Waals surface area contributed by atoms with Crippen LogP contribution in [-0.4, -0.2) is 65.2 Å². The van der Waals surface area contributed by atoms with Crippen molar-refractivity contribution < 1.29 is 36.4 Å². The van der Waals surface area contributed by atoms with Crippen LogP contribution in [0.1, 0.15) is 31.3 Å². The number of ether oxygens (including phenoxy) is 3. The molecule has 0 radical (unpaired) electrons. The van der Waals surface area contributed by atoms with Gasteiger partial charge >= 0.3 is 11.9 Å². The minimum atomic E-state index is -4.35. The first-order valence-corrected chi connectivity index (χ1v) is 12.7. The molecule has 1 fully saturated rings. The first-order valence-electron chi connectivity index (χ1n) is 10.5. The fourth-order valence-corrected chi connectivity index (χ4v) is 5.14. The first kappa shape index (κ1) is 26.2. The number of hydrogen-bond acceptors (Lipinski definition) is 11. The SMILES string of the molecule is CC(=O)OC[C@H]1O[C@@H](c2nc3nc(Cl)nc(Cl)c3[nH]2)[C@H](OC(C)=O)[C@H]1OS(=O)(=O)c1ccc(C)cc1. The Kier molecular flexibility index (Phi) is 7.48. The van der Waals surface area contributed by atoms with Crippen molar-refractivity contribution in [3.05, 3.63) is 46.1 Å². The standard InChI is InChI=1S/C21H20Cl2N4O8S/c1-9-4-6-12(7-5-9)36(30,31)35-15-13(8-32-10(2)28)34-17(16(15)33-11(3)29)20-24-14-18(22)25-21(23)27-19(14)26-20/h4-7,13,15-17H,8H2,1-3H3,(H,24,25,26,27)/t13-,15+,16-,17-/m1/s1. The third-order valence-corrected chi connectivity index (χ3v) is 6.95. The highest BCUT2D eigenvalue weighted by molar-refractivity contribution is 7.86. The Bertz CT molecular complexity index is 1410. The Balaban J connectivity index is 1.74. The molecule has 1 saturated heterocycles. The summed E-state index contributed by atoms with van der Waals surface area (Å²) in [5.74, 6) is -1.28. The van der Waals surface area contributed by atoms with Gasteiger partial charge in [0.15, 0.2) is 23.0 Å². The Morgan fingerprint density at radius 1 is 1.06 bits per heavy atom. The van der Waals surface area contributed by atoms with E-state index in [4.69, 9.17) is 41.6 Å². The lowest BCUT2D eigenvalue weighted by molar-refractivity contribution is -0.152. The van der Waals surface area contributed by atoms with Crippen molar-refractivity contribution in [3.8, 4) is 0 Å².